The van der Waals surface area contributed by atoms with Crippen LogP contribution in [0.2, 0.25) is 10.0 Å². The van der Waals surface area contributed by atoms with Crippen molar-refractivity contribution < 1.29 is 9.18 Å². The lowest BCUT2D eigenvalue weighted by molar-refractivity contribution is 0.0823. The Morgan fingerprint density at radius 2 is 1.79 bits per heavy atom. The molecule has 5 nitrogen and oxygen atoms in total. The number of aromatic nitrogens is 2. The first-order valence-electron chi connectivity index (χ1n) is 12.2. The molecule has 8 heteroatoms. The number of hydrogen-bond donors (Lipinski definition) is 0. The summed E-state index contributed by atoms with van der Waals surface area (Å²) in [7, 11) is 3.14. The highest BCUT2D eigenvalue weighted by Crippen LogP contribution is 2.56. The molecule has 1 aliphatic carbocycles. The molecule has 5 rings (SSSR count). The molecular formula is C30H26Cl2FN3O2. The van der Waals surface area contributed by atoms with Gasteiger partial charge in [-0.05, 0) is 85.2 Å². The number of carbonyl (C=O) groups is 1. The van der Waals surface area contributed by atoms with E-state index in [1.54, 1.807) is 38.5 Å². The number of aryl methyl sites for hydroxylation is 2. The highest BCUT2D eigenvalue weighted by molar-refractivity contribution is 6.31. The molecule has 38 heavy (non-hydrogen) atoms. The Kier molecular flexibility index (Phi) is 6.88. The van der Waals surface area contributed by atoms with Gasteiger partial charge in [0.2, 0.25) is 0 Å². The maximum atomic E-state index is 15.4. The highest BCUT2D eigenvalue weighted by Gasteiger charge is 2.41. The maximum absolute atomic E-state index is 15.4. The summed E-state index contributed by atoms with van der Waals surface area (Å²) in [6.45, 7) is 3.69. The normalized spacial score (nSPS) is 16.4. The zero-order chi connectivity index (χ0) is 27.3. The number of pyridine rings is 2. The summed E-state index contributed by atoms with van der Waals surface area (Å²) in [5.74, 6) is -0.702. The van der Waals surface area contributed by atoms with Crippen LogP contribution in [0.3, 0.4) is 0 Å². The number of hydrogen-bond acceptors (Lipinski definition) is 3. The lowest BCUT2D eigenvalue weighted by atomic mass is 10.0. The zero-order valence-corrected chi connectivity index (χ0v) is 22.9. The lowest BCUT2D eigenvalue weighted by Gasteiger charge is -2.17. The first-order valence-corrected chi connectivity index (χ1v) is 13.0. The summed E-state index contributed by atoms with van der Waals surface area (Å²) < 4.78 is 16.9. The average molecular weight is 550 g/mol. The SMILES string of the molecule is Cc1cnc(-c2cccc(C(=O)N(C)C)c2F)cc1-n1c(C)cc([C@@H]2CC2c2cccc(Cl)c2)c(Cl)c1=O. The Bertz CT molecular complexity index is 1650. The van der Waals surface area contributed by atoms with Crippen molar-refractivity contribution in [2.75, 3.05) is 14.1 Å². The van der Waals surface area contributed by atoms with Gasteiger partial charge in [0.15, 0.2) is 0 Å². The molecule has 2 aromatic heterocycles. The van der Waals surface area contributed by atoms with Crippen LogP contribution < -0.4 is 5.56 Å². The van der Waals surface area contributed by atoms with Crippen molar-refractivity contribution in [3.8, 4) is 16.9 Å². The first kappa shape index (κ1) is 26.1. The van der Waals surface area contributed by atoms with Gasteiger partial charge in [-0.2, -0.15) is 0 Å². The van der Waals surface area contributed by atoms with Gasteiger partial charge in [-0.3, -0.25) is 19.1 Å². The monoisotopic (exact) mass is 549 g/mol. The highest BCUT2D eigenvalue weighted by atomic mass is 35.5. The summed E-state index contributed by atoms with van der Waals surface area (Å²) in [4.78, 5) is 31.8. The number of rotatable bonds is 5. The Morgan fingerprint density at radius 3 is 2.50 bits per heavy atom. The van der Waals surface area contributed by atoms with Crippen molar-refractivity contribution in [1.82, 2.24) is 14.5 Å². The van der Waals surface area contributed by atoms with Crippen LogP contribution in [0.1, 0.15) is 51.0 Å². The molecule has 0 spiro atoms. The number of carbonyl (C=O) groups excluding carboxylic acids is 1. The van der Waals surface area contributed by atoms with Crippen LogP contribution in [0.4, 0.5) is 4.39 Å². The van der Waals surface area contributed by atoms with Gasteiger partial charge in [0.1, 0.15) is 10.8 Å². The average Bonchev–Trinajstić information content (AvgIpc) is 3.68. The number of benzene rings is 2. The van der Waals surface area contributed by atoms with Crippen LogP contribution in [0.15, 0.2) is 65.6 Å². The molecule has 0 aliphatic heterocycles. The summed E-state index contributed by atoms with van der Waals surface area (Å²) in [6, 6.07) is 16.0. The molecule has 194 valence electrons. The molecule has 0 bridgehead atoms. The largest absolute Gasteiger partial charge is 0.345 e. The molecule has 0 radical (unpaired) electrons. The molecule has 0 saturated heterocycles. The van der Waals surface area contributed by atoms with Crippen LogP contribution in [-0.4, -0.2) is 34.5 Å². The van der Waals surface area contributed by atoms with Crippen LogP contribution in [0.25, 0.3) is 16.9 Å². The van der Waals surface area contributed by atoms with Gasteiger partial charge >= 0.3 is 0 Å². The van der Waals surface area contributed by atoms with Crippen molar-refractivity contribution in [1.29, 1.82) is 0 Å². The first-order chi connectivity index (χ1) is 18.1. The van der Waals surface area contributed by atoms with Gasteiger partial charge in [0, 0.05) is 36.6 Å². The van der Waals surface area contributed by atoms with E-state index in [0.29, 0.717) is 22.1 Å². The Balaban J connectivity index is 1.55. The summed E-state index contributed by atoms with van der Waals surface area (Å²) in [5, 5.41) is 0.857. The second kappa shape index (κ2) is 10.0. The number of halogens is 3. The summed E-state index contributed by atoms with van der Waals surface area (Å²) in [6.07, 6.45) is 2.48. The van der Waals surface area contributed by atoms with Crippen LogP contribution in [0, 0.1) is 19.7 Å². The van der Waals surface area contributed by atoms with E-state index < -0.39 is 11.7 Å². The predicted octanol–water partition coefficient (Wildman–Crippen LogP) is 6.94. The van der Waals surface area contributed by atoms with E-state index in [4.69, 9.17) is 23.2 Å². The fraction of sp³-hybridized carbons (Fsp3) is 0.233. The molecule has 2 atom stereocenters. The summed E-state index contributed by atoms with van der Waals surface area (Å²) >= 11 is 12.9. The third-order valence-electron chi connectivity index (χ3n) is 7.06. The van der Waals surface area contributed by atoms with E-state index >= 15 is 4.39 Å². The fourth-order valence-corrected chi connectivity index (χ4v) is 5.46. The molecule has 4 aromatic rings. The van der Waals surface area contributed by atoms with Crippen molar-refractivity contribution in [2.45, 2.75) is 32.1 Å². The van der Waals surface area contributed by atoms with Crippen LogP contribution in [0.5, 0.6) is 0 Å². The minimum Gasteiger partial charge on any atom is -0.345 e. The molecule has 1 unspecified atom stereocenters. The maximum Gasteiger partial charge on any atom is 0.274 e. The summed E-state index contributed by atoms with van der Waals surface area (Å²) in [5.41, 5.74) is 4.05. The fourth-order valence-electron chi connectivity index (χ4n) is 4.99. The van der Waals surface area contributed by atoms with Gasteiger partial charge in [0.25, 0.3) is 11.5 Å². The molecule has 2 heterocycles. The van der Waals surface area contributed by atoms with E-state index in [1.165, 1.54) is 15.5 Å². The third kappa shape index (κ3) is 4.63. The van der Waals surface area contributed by atoms with E-state index in [0.717, 1.165) is 23.1 Å². The van der Waals surface area contributed by atoms with Crippen molar-refractivity contribution >= 4 is 29.1 Å². The molecule has 1 amide bonds. The second-order valence-corrected chi connectivity index (χ2v) is 10.7. The van der Waals surface area contributed by atoms with Crippen molar-refractivity contribution in [3.63, 3.8) is 0 Å². The second-order valence-electron chi connectivity index (χ2n) is 9.92. The van der Waals surface area contributed by atoms with E-state index in [1.807, 2.05) is 44.2 Å². The van der Waals surface area contributed by atoms with Crippen LogP contribution in [-0.2, 0) is 0 Å². The quantitative estimate of drug-likeness (QED) is 0.271. The van der Waals surface area contributed by atoms with Crippen molar-refractivity contribution in [3.05, 3.63) is 115 Å². The molecule has 1 saturated carbocycles. The number of amides is 1. The van der Waals surface area contributed by atoms with Crippen molar-refractivity contribution in [2.24, 2.45) is 0 Å². The predicted molar refractivity (Wildman–Crippen MR) is 149 cm³/mol. The molecule has 0 N–H and O–H groups in total. The zero-order valence-electron chi connectivity index (χ0n) is 21.4. The van der Waals surface area contributed by atoms with Gasteiger partial charge < -0.3 is 4.90 Å². The Labute approximate surface area is 230 Å². The minimum atomic E-state index is -0.660. The van der Waals surface area contributed by atoms with E-state index in [9.17, 15) is 9.59 Å². The third-order valence-corrected chi connectivity index (χ3v) is 7.67. The van der Waals surface area contributed by atoms with E-state index in [-0.39, 0.29) is 33.5 Å². The lowest BCUT2D eigenvalue weighted by Crippen LogP contribution is -2.23. The van der Waals surface area contributed by atoms with Gasteiger partial charge in [-0.1, -0.05) is 41.4 Å². The molecule has 2 aromatic carbocycles. The van der Waals surface area contributed by atoms with Gasteiger partial charge in [0.05, 0.1) is 16.9 Å². The number of nitrogens with zero attached hydrogens (tertiary/aromatic N) is 3. The topological polar surface area (TPSA) is 55.2 Å². The minimum absolute atomic E-state index is 0.0455. The van der Waals surface area contributed by atoms with Gasteiger partial charge in [-0.25, -0.2) is 4.39 Å². The standard InChI is InChI=1S/C30H26Cl2FN3O2/c1-16-15-34-25(20-9-6-10-21(28(20)33)29(37)35(3)4)14-26(16)36-17(2)11-24(27(32)30(36)38)23-13-22(23)18-7-5-8-19(31)12-18/h5-12,14-15,22-23H,13H2,1-4H3/t22?,23-/m1/s1. The van der Waals surface area contributed by atoms with Crippen LogP contribution >= 0.6 is 23.2 Å². The molecule has 1 fully saturated rings. The molecular weight excluding hydrogens is 524 g/mol. The van der Waals surface area contributed by atoms with Gasteiger partial charge in [-0.15, -0.1) is 0 Å². The smallest absolute Gasteiger partial charge is 0.274 e. The van der Waals surface area contributed by atoms with E-state index in [2.05, 4.69) is 4.98 Å². The molecule has 1 aliphatic rings. The Hall–Kier alpha value is -3.48. The Morgan fingerprint density at radius 1 is 1.05 bits per heavy atom.